The number of benzene rings is 2. The first-order valence-electron chi connectivity index (χ1n) is 12.2. The number of carbonyl (C=O) groups is 2. The van der Waals surface area contributed by atoms with Crippen LogP contribution in [0.5, 0.6) is 0 Å². The van der Waals surface area contributed by atoms with Gasteiger partial charge in [0.1, 0.15) is 0 Å². The highest BCUT2D eigenvalue weighted by Gasteiger charge is 2.34. The number of anilines is 1. The van der Waals surface area contributed by atoms with Crippen molar-refractivity contribution in [3.63, 3.8) is 0 Å². The summed E-state index contributed by atoms with van der Waals surface area (Å²) in [7, 11) is -3.52. The van der Waals surface area contributed by atoms with Gasteiger partial charge in [-0.15, -0.1) is 0 Å². The van der Waals surface area contributed by atoms with Crippen molar-refractivity contribution in [3.8, 4) is 0 Å². The number of nitrogens with zero attached hydrogens (tertiary/aromatic N) is 3. The fraction of sp³-hybridized carbons (Fsp3) is 0.462. The van der Waals surface area contributed by atoms with Gasteiger partial charge in [-0.3, -0.25) is 14.5 Å². The number of nitrogens with one attached hydrogen (secondary N) is 1. The molecule has 2 fully saturated rings. The van der Waals surface area contributed by atoms with E-state index in [2.05, 4.69) is 10.2 Å². The Morgan fingerprint density at radius 2 is 1.46 bits per heavy atom. The maximum absolute atomic E-state index is 13.1. The second kappa shape index (κ2) is 10.9. The molecule has 2 aliphatic heterocycles. The van der Waals surface area contributed by atoms with Crippen LogP contribution in [0.25, 0.3) is 0 Å². The van der Waals surface area contributed by atoms with Crippen LogP contribution in [0.1, 0.15) is 24.0 Å². The molecule has 2 saturated heterocycles. The van der Waals surface area contributed by atoms with Gasteiger partial charge in [0.25, 0.3) is 0 Å². The van der Waals surface area contributed by atoms with E-state index in [0.717, 1.165) is 16.8 Å². The molecule has 8 nitrogen and oxygen atoms in total. The number of hydrogen-bond donors (Lipinski definition) is 1. The molecule has 188 valence electrons. The van der Waals surface area contributed by atoms with Crippen LogP contribution in [-0.4, -0.2) is 80.2 Å². The average molecular weight is 499 g/mol. The highest BCUT2D eigenvalue weighted by Crippen LogP contribution is 2.25. The average Bonchev–Trinajstić information content (AvgIpc) is 2.87. The fourth-order valence-electron chi connectivity index (χ4n) is 4.86. The second-order valence-electron chi connectivity index (χ2n) is 9.41. The van der Waals surface area contributed by atoms with Crippen LogP contribution >= 0.6 is 0 Å². The molecule has 0 radical (unpaired) electrons. The van der Waals surface area contributed by atoms with Crippen LogP contribution in [0, 0.1) is 19.8 Å². The lowest BCUT2D eigenvalue weighted by Gasteiger charge is -2.38. The van der Waals surface area contributed by atoms with Gasteiger partial charge in [0.2, 0.25) is 21.8 Å². The van der Waals surface area contributed by atoms with E-state index in [4.69, 9.17) is 0 Å². The van der Waals surface area contributed by atoms with Crippen molar-refractivity contribution in [1.82, 2.24) is 14.1 Å². The smallest absolute Gasteiger partial charge is 0.243 e. The third kappa shape index (κ3) is 5.91. The van der Waals surface area contributed by atoms with E-state index in [1.54, 1.807) is 30.3 Å². The van der Waals surface area contributed by atoms with Crippen molar-refractivity contribution in [3.05, 3.63) is 59.7 Å². The van der Waals surface area contributed by atoms with Crippen LogP contribution in [0.3, 0.4) is 0 Å². The molecular weight excluding hydrogens is 464 g/mol. The summed E-state index contributed by atoms with van der Waals surface area (Å²) in [6.07, 6.45) is 1.06. The fourth-order valence-corrected chi connectivity index (χ4v) is 6.35. The minimum Gasteiger partial charge on any atom is -0.340 e. The van der Waals surface area contributed by atoms with Crippen molar-refractivity contribution < 1.29 is 18.0 Å². The van der Waals surface area contributed by atoms with Crippen molar-refractivity contribution in [2.24, 2.45) is 5.92 Å². The highest BCUT2D eigenvalue weighted by molar-refractivity contribution is 7.89. The van der Waals surface area contributed by atoms with Gasteiger partial charge < -0.3 is 10.2 Å². The molecule has 35 heavy (non-hydrogen) atoms. The third-order valence-electron chi connectivity index (χ3n) is 6.98. The van der Waals surface area contributed by atoms with Crippen molar-refractivity contribution >= 4 is 27.5 Å². The number of aryl methyl sites for hydroxylation is 2. The zero-order valence-corrected chi connectivity index (χ0v) is 21.3. The maximum Gasteiger partial charge on any atom is 0.243 e. The molecule has 0 aliphatic carbocycles. The summed E-state index contributed by atoms with van der Waals surface area (Å²) in [5, 5.41) is 3.02. The molecule has 0 bridgehead atoms. The Kier molecular flexibility index (Phi) is 7.88. The van der Waals surface area contributed by atoms with E-state index >= 15 is 0 Å². The minimum atomic E-state index is -3.52. The van der Waals surface area contributed by atoms with Crippen LogP contribution in [0.2, 0.25) is 0 Å². The lowest BCUT2D eigenvalue weighted by Crippen LogP contribution is -2.53. The van der Waals surface area contributed by atoms with Crippen molar-refractivity contribution in [2.75, 3.05) is 51.1 Å². The summed E-state index contributed by atoms with van der Waals surface area (Å²) >= 11 is 0. The topological polar surface area (TPSA) is 90.0 Å². The first-order chi connectivity index (χ1) is 16.8. The Balaban J connectivity index is 1.23. The second-order valence-corrected chi connectivity index (χ2v) is 11.3. The number of carbonyl (C=O) groups excluding carboxylic acids is 2. The van der Waals surface area contributed by atoms with Gasteiger partial charge >= 0.3 is 0 Å². The molecule has 2 aliphatic rings. The zero-order chi connectivity index (χ0) is 25.0. The van der Waals surface area contributed by atoms with Crippen molar-refractivity contribution in [1.29, 1.82) is 0 Å². The molecule has 0 spiro atoms. The van der Waals surface area contributed by atoms with Gasteiger partial charge in [0.15, 0.2) is 0 Å². The molecule has 2 aromatic rings. The Hall–Kier alpha value is -2.75. The Morgan fingerprint density at radius 1 is 0.857 bits per heavy atom. The molecule has 0 atom stereocenters. The van der Waals surface area contributed by atoms with E-state index in [9.17, 15) is 18.0 Å². The number of piperidine rings is 1. The van der Waals surface area contributed by atoms with Gasteiger partial charge in [-0.25, -0.2) is 8.42 Å². The van der Waals surface area contributed by atoms with Gasteiger partial charge in [0.05, 0.1) is 11.4 Å². The van der Waals surface area contributed by atoms with Crippen molar-refractivity contribution in [2.45, 2.75) is 31.6 Å². The maximum atomic E-state index is 13.1. The van der Waals surface area contributed by atoms with Gasteiger partial charge in [-0.1, -0.05) is 36.4 Å². The summed E-state index contributed by atoms with van der Waals surface area (Å²) in [5.41, 5.74) is 2.94. The zero-order valence-electron chi connectivity index (χ0n) is 20.4. The van der Waals surface area contributed by atoms with Gasteiger partial charge in [0, 0.05) is 50.9 Å². The monoisotopic (exact) mass is 498 g/mol. The predicted molar refractivity (Wildman–Crippen MR) is 135 cm³/mol. The molecule has 9 heteroatoms. The number of para-hydroxylation sites is 1. The molecule has 2 heterocycles. The number of hydrogen-bond acceptors (Lipinski definition) is 5. The number of piperazine rings is 1. The molecular formula is C26H34N4O4S. The predicted octanol–water partition coefficient (Wildman–Crippen LogP) is 2.49. The summed E-state index contributed by atoms with van der Waals surface area (Å²) in [5.74, 6) is -0.105. The van der Waals surface area contributed by atoms with Gasteiger partial charge in [-0.2, -0.15) is 4.31 Å². The quantitative estimate of drug-likeness (QED) is 0.661. The normalized spacial score (nSPS) is 18.4. The molecule has 0 aromatic heterocycles. The molecule has 2 aromatic carbocycles. The summed E-state index contributed by atoms with van der Waals surface area (Å²) in [6.45, 7) is 7.42. The van der Waals surface area contributed by atoms with E-state index in [-0.39, 0.29) is 17.7 Å². The SMILES string of the molecule is Cc1cccc(C)c1NC(=O)CN1CCN(C(=O)C2CCN(S(=O)(=O)c3ccccc3)CC2)CC1. The molecule has 2 amide bonds. The lowest BCUT2D eigenvalue weighted by atomic mass is 9.96. The first kappa shape index (κ1) is 25.3. The van der Waals surface area contributed by atoms with E-state index in [1.165, 1.54) is 4.31 Å². The summed E-state index contributed by atoms with van der Waals surface area (Å²) in [4.78, 5) is 29.9. The third-order valence-corrected chi connectivity index (χ3v) is 8.89. The van der Waals surface area contributed by atoms with Gasteiger partial charge in [-0.05, 0) is 49.9 Å². The van der Waals surface area contributed by atoms with E-state index < -0.39 is 10.0 Å². The molecule has 0 unspecified atom stereocenters. The van der Waals surface area contributed by atoms with E-state index in [1.807, 2.05) is 36.9 Å². The number of sulfonamides is 1. The number of rotatable bonds is 6. The Labute approximate surface area is 207 Å². The highest BCUT2D eigenvalue weighted by atomic mass is 32.2. The Morgan fingerprint density at radius 3 is 2.06 bits per heavy atom. The van der Waals surface area contributed by atoms with Crippen LogP contribution in [0.15, 0.2) is 53.4 Å². The molecule has 1 N–H and O–H groups in total. The molecule has 0 saturated carbocycles. The van der Waals surface area contributed by atoms with Crippen LogP contribution in [0.4, 0.5) is 5.69 Å². The first-order valence-corrected chi connectivity index (χ1v) is 13.6. The Bertz CT molecular complexity index is 1130. The largest absolute Gasteiger partial charge is 0.340 e. The summed E-state index contributed by atoms with van der Waals surface area (Å²) < 4.78 is 27.2. The number of amides is 2. The summed E-state index contributed by atoms with van der Waals surface area (Å²) in [6, 6.07) is 14.4. The van der Waals surface area contributed by atoms with Crippen LogP contribution in [-0.2, 0) is 19.6 Å². The van der Waals surface area contributed by atoms with E-state index in [0.29, 0.717) is 63.6 Å². The molecule has 4 rings (SSSR count). The minimum absolute atomic E-state index is 0.0471. The lowest BCUT2D eigenvalue weighted by molar-refractivity contribution is -0.138. The van der Waals surface area contributed by atoms with Crippen LogP contribution < -0.4 is 5.32 Å². The standard InChI is InChI=1S/C26H34N4O4S/c1-20-7-6-8-21(2)25(20)27-24(31)19-28-15-17-29(18-16-28)26(32)22-11-13-30(14-12-22)35(33,34)23-9-4-3-5-10-23/h3-10,22H,11-19H2,1-2H3,(H,27,31).